The lowest BCUT2D eigenvalue weighted by Gasteiger charge is -2.30. The Balaban J connectivity index is 0.00000137. The molecule has 0 spiro atoms. The summed E-state index contributed by atoms with van der Waals surface area (Å²) in [4.78, 5) is 2.51. The number of hydrogen-bond acceptors (Lipinski definition) is 3. The molecule has 0 amide bonds. The van der Waals surface area contributed by atoms with Crippen molar-refractivity contribution in [2.75, 3.05) is 39.5 Å². The van der Waals surface area contributed by atoms with Crippen molar-refractivity contribution in [1.29, 1.82) is 0 Å². The number of nitrogens with zero attached hydrogens (tertiary/aromatic N) is 1. The summed E-state index contributed by atoms with van der Waals surface area (Å²) in [6.45, 7) is 16.4. The first-order valence-electron chi connectivity index (χ1n) is 7.64. The van der Waals surface area contributed by atoms with E-state index in [0.717, 1.165) is 25.7 Å². The van der Waals surface area contributed by atoms with Crippen LogP contribution in [-0.4, -0.2) is 50.5 Å². The maximum atomic E-state index is 5.65. The predicted molar refractivity (Wildman–Crippen MR) is 78.1 cm³/mol. The molecule has 0 aromatic heterocycles. The second kappa shape index (κ2) is 11.9. The third kappa shape index (κ3) is 8.90. The van der Waals surface area contributed by atoms with Crippen molar-refractivity contribution in [2.45, 2.75) is 53.6 Å². The molecule has 0 radical (unpaired) electrons. The van der Waals surface area contributed by atoms with Gasteiger partial charge in [-0.3, -0.25) is 0 Å². The van der Waals surface area contributed by atoms with Crippen LogP contribution >= 0.6 is 0 Å². The van der Waals surface area contributed by atoms with Gasteiger partial charge in [-0.2, -0.15) is 0 Å². The van der Waals surface area contributed by atoms with Gasteiger partial charge in [-0.05, 0) is 52.2 Å². The van der Waals surface area contributed by atoms with E-state index in [0.29, 0.717) is 6.10 Å². The van der Waals surface area contributed by atoms with Crippen LogP contribution in [0.1, 0.15) is 47.5 Å². The van der Waals surface area contributed by atoms with E-state index in [-0.39, 0.29) is 0 Å². The molecule has 0 aromatic rings. The third-order valence-corrected chi connectivity index (χ3v) is 3.19. The lowest BCUT2D eigenvalue weighted by atomic mass is 9.98. The zero-order chi connectivity index (χ0) is 13.8. The second-order valence-corrected chi connectivity index (χ2v) is 4.87. The molecule has 3 nitrogen and oxygen atoms in total. The van der Waals surface area contributed by atoms with Crippen LogP contribution in [0.4, 0.5) is 0 Å². The van der Waals surface area contributed by atoms with Crippen molar-refractivity contribution in [3.63, 3.8) is 0 Å². The lowest BCUT2D eigenvalue weighted by molar-refractivity contribution is 0.00254. The van der Waals surface area contributed by atoms with Crippen LogP contribution in [0.5, 0.6) is 0 Å². The van der Waals surface area contributed by atoms with Crippen molar-refractivity contribution < 1.29 is 9.47 Å². The number of likely N-dealkylation sites (tertiary alicyclic amines) is 1. The van der Waals surface area contributed by atoms with E-state index in [4.69, 9.17) is 9.47 Å². The highest BCUT2D eigenvalue weighted by Gasteiger charge is 2.17. The topological polar surface area (TPSA) is 21.7 Å². The van der Waals surface area contributed by atoms with Gasteiger partial charge < -0.3 is 14.4 Å². The molecular weight excluding hydrogens is 226 g/mol. The summed E-state index contributed by atoms with van der Waals surface area (Å²) in [5.41, 5.74) is 0. The first-order chi connectivity index (χ1) is 8.72. The third-order valence-electron chi connectivity index (χ3n) is 3.19. The average Bonchev–Trinajstić information content (AvgIpc) is 2.41. The minimum Gasteiger partial charge on any atom is -0.379 e. The fourth-order valence-electron chi connectivity index (χ4n) is 2.06. The maximum Gasteiger partial charge on any atom is 0.0703 e. The molecule has 0 unspecified atom stereocenters. The van der Waals surface area contributed by atoms with Gasteiger partial charge in [-0.1, -0.05) is 20.8 Å². The smallest absolute Gasteiger partial charge is 0.0703 e. The van der Waals surface area contributed by atoms with Gasteiger partial charge in [0.15, 0.2) is 0 Å². The molecule has 0 aromatic carbocycles. The highest BCUT2D eigenvalue weighted by Crippen LogP contribution is 2.16. The van der Waals surface area contributed by atoms with Gasteiger partial charge >= 0.3 is 0 Å². The van der Waals surface area contributed by atoms with Crippen LogP contribution in [0, 0.1) is 5.92 Å². The van der Waals surface area contributed by atoms with Crippen molar-refractivity contribution in [3.8, 4) is 0 Å². The summed E-state index contributed by atoms with van der Waals surface area (Å²) >= 11 is 0. The Kier molecular flexibility index (Phi) is 11.9. The molecule has 1 heterocycles. The Labute approximate surface area is 114 Å². The Morgan fingerprint density at radius 2 is 1.72 bits per heavy atom. The molecule has 3 heteroatoms. The minimum atomic E-state index is 0.316. The largest absolute Gasteiger partial charge is 0.379 e. The van der Waals surface area contributed by atoms with E-state index in [2.05, 4.69) is 25.7 Å². The molecule has 0 bridgehead atoms. The van der Waals surface area contributed by atoms with Gasteiger partial charge in [0, 0.05) is 6.61 Å². The van der Waals surface area contributed by atoms with E-state index in [1.165, 1.54) is 32.5 Å². The van der Waals surface area contributed by atoms with Crippen LogP contribution in [0.15, 0.2) is 0 Å². The van der Waals surface area contributed by atoms with E-state index in [1.54, 1.807) is 0 Å². The Hall–Kier alpha value is -0.120. The van der Waals surface area contributed by atoms with Crippen molar-refractivity contribution >= 4 is 0 Å². The van der Waals surface area contributed by atoms with Crippen LogP contribution in [-0.2, 0) is 9.47 Å². The molecule has 0 saturated carbocycles. The molecule has 1 rings (SSSR count). The van der Waals surface area contributed by atoms with Crippen molar-refractivity contribution in [3.05, 3.63) is 0 Å². The number of piperidine rings is 1. The van der Waals surface area contributed by atoms with E-state index < -0.39 is 0 Å². The molecular formula is C15H33NO2. The molecule has 0 aliphatic carbocycles. The highest BCUT2D eigenvalue weighted by molar-refractivity contribution is 4.70. The molecule has 110 valence electrons. The molecule has 1 aliphatic rings. The molecule has 1 saturated heterocycles. The maximum absolute atomic E-state index is 5.65. The fraction of sp³-hybridized carbons (Fsp3) is 1.00. The number of hydrogen-bond donors (Lipinski definition) is 0. The first-order valence-corrected chi connectivity index (χ1v) is 7.64. The highest BCUT2D eigenvalue weighted by atomic mass is 16.5. The van der Waals surface area contributed by atoms with Gasteiger partial charge in [0.1, 0.15) is 0 Å². The van der Waals surface area contributed by atoms with Crippen LogP contribution < -0.4 is 0 Å². The summed E-state index contributed by atoms with van der Waals surface area (Å²) in [7, 11) is 0. The summed E-state index contributed by atoms with van der Waals surface area (Å²) in [6.07, 6.45) is 2.90. The summed E-state index contributed by atoms with van der Waals surface area (Å²) in [5, 5.41) is 0. The summed E-state index contributed by atoms with van der Waals surface area (Å²) in [5.74, 6) is 0.766. The first kappa shape index (κ1) is 17.9. The summed E-state index contributed by atoms with van der Waals surface area (Å²) < 4.78 is 11.1. The zero-order valence-corrected chi connectivity index (χ0v) is 13.1. The number of ether oxygens (including phenoxy) is 2. The zero-order valence-electron chi connectivity index (χ0n) is 13.1. The van der Waals surface area contributed by atoms with Gasteiger partial charge in [-0.25, -0.2) is 0 Å². The van der Waals surface area contributed by atoms with Crippen molar-refractivity contribution in [2.24, 2.45) is 5.92 Å². The lowest BCUT2D eigenvalue weighted by Crippen LogP contribution is -2.35. The van der Waals surface area contributed by atoms with Crippen LogP contribution in [0.25, 0.3) is 0 Å². The van der Waals surface area contributed by atoms with Gasteiger partial charge in [0.25, 0.3) is 0 Å². The Bertz CT molecular complexity index is 166. The molecule has 1 aliphatic heterocycles. The molecule has 0 atom stereocenters. The summed E-state index contributed by atoms with van der Waals surface area (Å²) in [6, 6.07) is 0. The van der Waals surface area contributed by atoms with Crippen LogP contribution in [0.3, 0.4) is 0 Å². The Morgan fingerprint density at radius 1 is 1.11 bits per heavy atom. The average molecular weight is 259 g/mol. The van der Waals surface area contributed by atoms with Gasteiger partial charge in [0.05, 0.1) is 19.3 Å². The van der Waals surface area contributed by atoms with Gasteiger partial charge in [0.2, 0.25) is 0 Å². The van der Waals surface area contributed by atoms with E-state index in [1.807, 2.05) is 13.8 Å². The van der Waals surface area contributed by atoms with Crippen molar-refractivity contribution in [1.82, 2.24) is 4.90 Å². The Morgan fingerprint density at radius 3 is 2.22 bits per heavy atom. The molecule has 1 fully saturated rings. The molecule has 0 N–H and O–H groups in total. The quantitative estimate of drug-likeness (QED) is 0.655. The van der Waals surface area contributed by atoms with E-state index >= 15 is 0 Å². The standard InChI is InChI=1S/C13H27NO2.C2H6/c1-4-14-7-5-13(6-8-14)11-15-9-10-16-12(2)3;1-2/h12-13H,4-11H2,1-3H3;1-2H3. The SMILES string of the molecule is CC.CCN1CCC(COCCOC(C)C)CC1. The monoisotopic (exact) mass is 259 g/mol. The van der Waals surface area contributed by atoms with Crippen LogP contribution in [0.2, 0.25) is 0 Å². The van der Waals surface area contributed by atoms with Gasteiger partial charge in [-0.15, -0.1) is 0 Å². The molecule has 18 heavy (non-hydrogen) atoms. The normalized spacial score (nSPS) is 17.7. The predicted octanol–water partition coefficient (Wildman–Crippen LogP) is 3.19. The van der Waals surface area contributed by atoms with E-state index in [9.17, 15) is 0 Å². The second-order valence-electron chi connectivity index (χ2n) is 4.87. The minimum absolute atomic E-state index is 0.316. The number of rotatable bonds is 7. The fourth-order valence-corrected chi connectivity index (χ4v) is 2.06.